The smallest absolute Gasteiger partial charge is 0.257 e. The number of hydrogen-bond acceptors (Lipinski definition) is 5. The number of carbonyl (C=O) groups excluding carboxylic acids is 1. The minimum Gasteiger partial charge on any atom is -0.370 e. The molecule has 6 N–H and O–H groups in total. The molecule has 0 atom stereocenters. The molecule has 0 bridgehead atoms. The second-order valence-corrected chi connectivity index (χ2v) is 6.67. The Labute approximate surface area is 129 Å². The lowest BCUT2D eigenvalue weighted by molar-refractivity contribution is 0.0976. The van der Waals surface area contributed by atoms with E-state index in [0.29, 0.717) is 5.69 Å². The van der Waals surface area contributed by atoms with Gasteiger partial charge in [-0.05, 0) is 37.5 Å². The molecule has 22 heavy (non-hydrogen) atoms. The highest BCUT2D eigenvalue weighted by molar-refractivity contribution is 7.89. The number of nitrogens with two attached hydrogens (primary N) is 2. The molecule has 0 unspecified atom stereocenters. The van der Waals surface area contributed by atoms with Crippen molar-refractivity contribution in [1.29, 1.82) is 5.41 Å². The van der Waals surface area contributed by atoms with Gasteiger partial charge in [0.2, 0.25) is 10.0 Å². The van der Waals surface area contributed by atoms with E-state index in [1.807, 2.05) is 4.90 Å². The molecule has 0 aromatic heterocycles. The largest absolute Gasteiger partial charge is 0.370 e. The van der Waals surface area contributed by atoms with Crippen molar-refractivity contribution >= 4 is 27.6 Å². The Morgan fingerprint density at radius 2 is 1.86 bits per heavy atom. The van der Waals surface area contributed by atoms with Crippen LogP contribution in [0.1, 0.15) is 29.6 Å². The van der Waals surface area contributed by atoms with Crippen molar-refractivity contribution in [2.75, 3.05) is 18.0 Å². The average Bonchev–Trinajstić information content (AvgIpc) is 2.46. The number of piperidine rings is 1. The van der Waals surface area contributed by atoms with Crippen LogP contribution in [0.2, 0.25) is 0 Å². The van der Waals surface area contributed by atoms with Crippen LogP contribution >= 0.6 is 0 Å². The van der Waals surface area contributed by atoms with Crippen LogP contribution in [0.4, 0.5) is 5.69 Å². The van der Waals surface area contributed by atoms with Crippen LogP contribution in [0.3, 0.4) is 0 Å². The van der Waals surface area contributed by atoms with E-state index >= 15 is 0 Å². The number of sulfonamides is 1. The first-order valence-electron chi connectivity index (χ1n) is 6.86. The number of carbonyl (C=O) groups is 1. The number of hydrogen-bond donors (Lipinski definition) is 4. The van der Waals surface area contributed by atoms with Gasteiger partial charge in [-0.15, -0.1) is 0 Å². The molecule has 8 nitrogen and oxygen atoms in total. The van der Waals surface area contributed by atoms with E-state index < -0.39 is 21.9 Å². The van der Waals surface area contributed by atoms with E-state index in [4.69, 9.17) is 16.3 Å². The highest BCUT2D eigenvalue weighted by atomic mass is 32.2. The molecule has 1 fully saturated rings. The summed E-state index contributed by atoms with van der Waals surface area (Å²) in [7, 11) is -3.97. The summed E-state index contributed by atoms with van der Waals surface area (Å²) < 4.78 is 23.7. The Bertz CT molecular complexity index is 696. The third-order valence-electron chi connectivity index (χ3n) is 3.47. The van der Waals surface area contributed by atoms with Crippen molar-refractivity contribution in [3.05, 3.63) is 23.8 Å². The summed E-state index contributed by atoms with van der Waals surface area (Å²) >= 11 is 0. The van der Waals surface area contributed by atoms with Crippen molar-refractivity contribution in [1.82, 2.24) is 5.32 Å². The van der Waals surface area contributed by atoms with Crippen LogP contribution in [0, 0.1) is 5.41 Å². The Hall–Kier alpha value is -2.13. The molecule has 0 saturated carbocycles. The van der Waals surface area contributed by atoms with Crippen LogP contribution in [-0.2, 0) is 10.0 Å². The first kappa shape index (κ1) is 16.2. The molecule has 9 heteroatoms. The number of benzene rings is 1. The summed E-state index contributed by atoms with van der Waals surface area (Å²) in [6.07, 6.45) is 3.08. The van der Waals surface area contributed by atoms with Gasteiger partial charge in [0.1, 0.15) is 4.90 Å². The number of guanidine groups is 1. The van der Waals surface area contributed by atoms with E-state index in [0.717, 1.165) is 32.4 Å². The molecule has 1 aromatic carbocycles. The van der Waals surface area contributed by atoms with E-state index in [2.05, 4.69) is 5.32 Å². The van der Waals surface area contributed by atoms with Gasteiger partial charge in [-0.25, -0.2) is 13.6 Å². The zero-order chi connectivity index (χ0) is 16.3. The van der Waals surface area contributed by atoms with Crippen molar-refractivity contribution in [3.8, 4) is 0 Å². The molecule has 0 radical (unpaired) electrons. The summed E-state index contributed by atoms with van der Waals surface area (Å²) in [6.45, 7) is 1.50. The normalized spacial score (nSPS) is 15.4. The molecular weight excluding hydrogens is 306 g/mol. The first-order chi connectivity index (χ1) is 10.3. The van der Waals surface area contributed by atoms with E-state index in [-0.39, 0.29) is 10.5 Å². The van der Waals surface area contributed by atoms with E-state index in [9.17, 15) is 13.2 Å². The SMILES string of the molecule is N=C(N)NC(=O)c1ccc(N2CCCCC2)c(S(N)(=O)=O)c1. The number of amides is 1. The van der Waals surface area contributed by atoms with Gasteiger partial charge in [0.25, 0.3) is 5.91 Å². The Kier molecular flexibility index (Phi) is 4.67. The van der Waals surface area contributed by atoms with Crippen LogP contribution in [-0.4, -0.2) is 33.4 Å². The van der Waals surface area contributed by atoms with Gasteiger partial charge >= 0.3 is 0 Å². The maximum atomic E-state index is 11.8. The number of nitrogens with one attached hydrogen (secondary N) is 2. The minimum atomic E-state index is -3.97. The molecule has 0 aliphatic carbocycles. The molecule has 2 rings (SSSR count). The van der Waals surface area contributed by atoms with Gasteiger partial charge in [-0.1, -0.05) is 0 Å². The molecule has 1 aliphatic rings. The summed E-state index contributed by atoms with van der Waals surface area (Å²) in [5.41, 5.74) is 5.69. The summed E-state index contributed by atoms with van der Waals surface area (Å²) in [5, 5.41) is 14.4. The predicted molar refractivity (Wildman–Crippen MR) is 83.3 cm³/mol. The van der Waals surface area contributed by atoms with Gasteiger partial charge in [0, 0.05) is 18.7 Å². The fourth-order valence-electron chi connectivity index (χ4n) is 2.47. The number of rotatable bonds is 3. The third kappa shape index (κ3) is 3.74. The van der Waals surface area contributed by atoms with Crippen LogP contribution in [0.25, 0.3) is 0 Å². The van der Waals surface area contributed by atoms with Crippen molar-refractivity contribution in [2.24, 2.45) is 10.9 Å². The molecule has 1 aliphatic heterocycles. The van der Waals surface area contributed by atoms with E-state index in [1.54, 1.807) is 6.07 Å². The number of primary sulfonamides is 1. The fraction of sp³-hybridized carbons (Fsp3) is 0.385. The number of anilines is 1. The zero-order valence-electron chi connectivity index (χ0n) is 12.0. The maximum absolute atomic E-state index is 11.8. The lowest BCUT2D eigenvalue weighted by Crippen LogP contribution is -2.36. The van der Waals surface area contributed by atoms with Crippen LogP contribution in [0.15, 0.2) is 23.1 Å². The van der Waals surface area contributed by atoms with Gasteiger partial charge in [-0.3, -0.25) is 15.5 Å². The topological polar surface area (TPSA) is 142 Å². The molecular formula is C13H19N5O3S. The lowest BCUT2D eigenvalue weighted by atomic mass is 10.1. The second-order valence-electron chi connectivity index (χ2n) is 5.14. The maximum Gasteiger partial charge on any atom is 0.257 e. The predicted octanol–water partition coefficient (Wildman–Crippen LogP) is -0.0524. The molecule has 120 valence electrons. The summed E-state index contributed by atoms with van der Waals surface area (Å²) in [5.74, 6) is -1.16. The summed E-state index contributed by atoms with van der Waals surface area (Å²) in [6, 6.07) is 4.29. The lowest BCUT2D eigenvalue weighted by Gasteiger charge is -2.30. The Balaban J connectivity index is 2.43. The van der Waals surface area contributed by atoms with Crippen molar-refractivity contribution < 1.29 is 13.2 Å². The minimum absolute atomic E-state index is 0.0833. The fourth-order valence-corrected chi connectivity index (χ4v) is 3.25. The summed E-state index contributed by atoms with van der Waals surface area (Å²) in [4.78, 5) is 13.7. The molecule has 1 heterocycles. The highest BCUT2D eigenvalue weighted by Gasteiger charge is 2.22. The Morgan fingerprint density at radius 3 is 2.41 bits per heavy atom. The van der Waals surface area contributed by atoms with Crippen molar-refractivity contribution in [2.45, 2.75) is 24.2 Å². The molecule has 1 amide bonds. The zero-order valence-corrected chi connectivity index (χ0v) is 12.8. The average molecular weight is 325 g/mol. The van der Waals surface area contributed by atoms with Crippen LogP contribution < -0.4 is 21.1 Å². The van der Waals surface area contributed by atoms with Gasteiger partial charge < -0.3 is 10.6 Å². The van der Waals surface area contributed by atoms with Gasteiger partial charge in [0.15, 0.2) is 5.96 Å². The van der Waals surface area contributed by atoms with Crippen LogP contribution in [0.5, 0.6) is 0 Å². The first-order valence-corrected chi connectivity index (χ1v) is 8.41. The standard InChI is InChI=1S/C13H19N5O3S/c14-13(15)17-12(19)9-4-5-10(11(8-9)22(16,20)21)18-6-2-1-3-7-18/h4-5,8H,1-3,6-7H2,(H2,16,20,21)(H4,14,15,17,19). The molecule has 1 aromatic rings. The Morgan fingerprint density at radius 1 is 1.23 bits per heavy atom. The second kappa shape index (κ2) is 6.32. The quantitative estimate of drug-likeness (QED) is 0.455. The van der Waals surface area contributed by atoms with Gasteiger partial charge in [-0.2, -0.15) is 0 Å². The third-order valence-corrected chi connectivity index (χ3v) is 4.41. The highest BCUT2D eigenvalue weighted by Crippen LogP contribution is 2.28. The van der Waals surface area contributed by atoms with Gasteiger partial charge in [0.05, 0.1) is 5.69 Å². The van der Waals surface area contributed by atoms with E-state index in [1.165, 1.54) is 12.1 Å². The molecule has 0 spiro atoms. The number of nitrogens with zero attached hydrogens (tertiary/aromatic N) is 1. The van der Waals surface area contributed by atoms with Crippen molar-refractivity contribution in [3.63, 3.8) is 0 Å². The monoisotopic (exact) mass is 325 g/mol. The molecule has 1 saturated heterocycles.